The molecule has 0 unspecified atom stereocenters. The molecule has 2 fully saturated rings. The minimum atomic E-state index is 0.127. The van der Waals surface area contributed by atoms with Crippen LogP contribution >= 0.6 is 0 Å². The molecule has 0 aromatic carbocycles. The van der Waals surface area contributed by atoms with E-state index in [1.807, 2.05) is 4.90 Å². The van der Waals surface area contributed by atoms with Crippen LogP contribution in [0.5, 0.6) is 0 Å². The number of likely N-dealkylation sites (tertiary alicyclic amines) is 1. The lowest BCUT2D eigenvalue weighted by Crippen LogP contribution is -2.55. The maximum atomic E-state index is 12.3. The molecule has 0 bridgehead atoms. The fraction of sp³-hybridized carbons (Fsp3) is 0.647. The number of rotatable bonds is 2. The summed E-state index contributed by atoms with van der Waals surface area (Å²) in [5.74, 6) is 1.35. The zero-order valence-electron chi connectivity index (χ0n) is 14.8. The summed E-state index contributed by atoms with van der Waals surface area (Å²) in [5, 5.41) is 0. The maximum Gasteiger partial charge on any atom is 0.224 e. The number of nitrogens with zero attached hydrogens (tertiary/aromatic N) is 5. The summed E-state index contributed by atoms with van der Waals surface area (Å²) in [6.07, 6.45) is 5.43. The van der Waals surface area contributed by atoms with Crippen molar-refractivity contribution < 1.29 is 4.79 Å². The number of hydrogen-bond acceptors (Lipinski definition) is 6. The van der Waals surface area contributed by atoms with Gasteiger partial charge in [0, 0.05) is 37.5 Å². The summed E-state index contributed by atoms with van der Waals surface area (Å²) in [5.41, 5.74) is 7.45. The number of imidazole rings is 1. The molecule has 1 atom stereocenters. The van der Waals surface area contributed by atoms with Crippen molar-refractivity contribution in [1.82, 2.24) is 24.8 Å². The number of aromatic nitrogens is 4. The molecule has 2 aliphatic heterocycles. The van der Waals surface area contributed by atoms with Crippen molar-refractivity contribution in [2.75, 3.05) is 30.3 Å². The van der Waals surface area contributed by atoms with Gasteiger partial charge in [0.15, 0.2) is 11.5 Å². The highest BCUT2D eigenvalue weighted by atomic mass is 16.2. The number of amides is 1. The summed E-state index contributed by atoms with van der Waals surface area (Å²) in [6.45, 7) is 6.83. The number of aromatic amines is 1. The molecule has 4 rings (SSSR count). The smallest absolute Gasteiger partial charge is 0.224 e. The molecular formula is C17H25N7O. The second-order valence-electron chi connectivity index (χ2n) is 7.65. The average Bonchev–Trinajstić information content (AvgIpc) is 3.05. The van der Waals surface area contributed by atoms with E-state index >= 15 is 0 Å². The Morgan fingerprint density at radius 1 is 1.28 bits per heavy atom. The van der Waals surface area contributed by atoms with Crippen molar-refractivity contribution in [1.29, 1.82) is 0 Å². The van der Waals surface area contributed by atoms with E-state index in [1.165, 1.54) is 0 Å². The first kappa shape index (κ1) is 16.1. The van der Waals surface area contributed by atoms with Crippen molar-refractivity contribution in [2.24, 2.45) is 5.41 Å². The van der Waals surface area contributed by atoms with Gasteiger partial charge in [-0.3, -0.25) is 4.79 Å². The Morgan fingerprint density at radius 3 is 2.92 bits per heavy atom. The minimum Gasteiger partial charge on any atom is -0.368 e. The molecule has 2 aromatic heterocycles. The van der Waals surface area contributed by atoms with Crippen LogP contribution in [0, 0.1) is 5.41 Å². The summed E-state index contributed by atoms with van der Waals surface area (Å²) in [7, 11) is 0. The van der Waals surface area contributed by atoms with Gasteiger partial charge in [0.2, 0.25) is 11.9 Å². The fourth-order valence-corrected chi connectivity index (χ4v) is 4.30. The molecule has 25 heavy (non-hydrogen) atoms. The normalized spacial score (nSPS) is 24.7. The lowest BCUT2D eigenvalue weighted by Gasteiger charge is -2.49. The number of nitrogen functional groups attached to an aromatic ring is 1. The van der Waals surface area contributed by atoms with Crippen molar-refractivity contribution >= 4 is 28.8 Å². The van der Waals surface area contributed by atoms with Crippen LogP contribution < -0.4 is 10.6 Å². The van der Waals surface area contributed by atoms with E-state index in [0.717, 1.165) is 50.2 Å². The molecule has 0 saturated carbocycles. The van der Waals surface area contributed by atoms with Crippen molar-refractivity contribution in [3.63, 3.8) is 0 Å². The van der Waals surface area contributed by atoms with E-state index in [4.69, 9.17) is 5.73 Å². The van der Waals surface area contributed by atoms with Crippen LogP contribution in [0.4, 0.5) is 11.8 Å². The Bertz CT molecular complexity index is 801. The van der Waals surface area contributed by atoms with Gasteiger partial charge in [-0.15, -0.1) is 0 Å². The quantitative estimate of drug-likeness (QED) is 0.857. The Morgan fingerprint density at radius 2 is 2.12 bits per heavy atom. The summed E-state index contributed by atoms with van der Waals surface area (Å²) in [4.78, 5) is 32.6. The van der Waals surface area contributed by atoms with Gasteiger partial charge in [-0.05, 0) is 33.1 Å². The van der Waals surface area contributed by atoms with E-state index in [0.29, 0.717) is 12.1 Å². The third-order valence-electron chi connectivity index (χ3n) is 5.56. The molecule has 2 aromatic rings. The summed E-state index contributed by atoms with van der Waals surface area (Å²) >= 11 is 0. The van der Waals surface area contributed by atoms with Gasteiger partial charge in [-0.1, -0.05) is 0 Å². The molecule has 1 amide bonds. The van der Waals surface area contributed by atoms with E-state index in [-0.39, 0.29) is 23.3 Å². The Balaban J connectivity index is 1.64. The predicted octanol–water partition coefficient (Wildman–Crippen LogP) is 1.55. The van der Waals surface area contributed by atoms with Crippen LogP contribution in [0.1, 0.15) is 39.5 Å². The average molecular weight is 343 g/mol. The molecule has 4 heterocycles. The van der Waals surface area contributed by atoms with E-state index < -0.39 is 0 Å². The number of carbonyl (C=O) groups is 1. The highest BCUT2D eigenvalue weighted by Gasteiger charge is 2.43. The molecule has 3 N–H and O–H groups in total. The number of anilines is 2. The van der Waals surface area contributed by atoms with Gasteiger partial charge < -0.3 is 20.5 Å². The zero-order chi connectivity index (χ0) is 17.6. The van der Waals surface area contributed by atoms with E-state index in [1.54, 1.807) is 6.33 Å². The van der Waals surface area contributed by atoms with Gasteiger partial charge in [0.1, 0.15) is 5.52 Å². The van der Waals surface area contributed by atoms with Crippen LogP contribution in [0.3, 0.4) is 0 Å². The number of piperidine rings is 2. The van der Waals surface area contributed by atoms with Crippen LogP contribution in [-0.2, 0) is 4.79 Å². The van der Waals surface area contributed by atoms with E-state index in [9.17, 15) is 4.79 Å². The van der Waals surface area contributed by atoms with E-state index in [2.05, 4.69) is 38.7 Å². The second kappa shape index (κ2) is 5.86. The molecule has 8 heteroatoms. The van der Waals surface area contributed by atoms with Gasteiger partial charge in [-0.25, -0.2) is 4.98 Å². The first-order valence-corrected chi connectivity index (χ1v) is 8.98. The standard InChI is InChI=1S/C17H25N7O/c1-11(2)24-9-17(6-4-12(24)25)5-3-7-23(8-17)15-13-14(20-10-19-13)21-16(18)22-15/h10-11H,3-9H2,1-2H3,(H3,18,19,20,21,22)/t17-/m0/s1. The Labute approximate surface area is 146 Å². The van der Waals surface area contributed by atoms with Crippen molar-refractivity contribution in [3.05, 3.63) is 6.33 Å². The van der Waals surface area contributed by atoms with Crippen LogP contribution in [-0.4, -0.2) is 56.4 Å². The molecule has 1 spiro atoms. The number of fused-ring (bicyclic) bond motifs is 1. The molecule has 134 valence electrons. The monoisotopic (exact) mass is 343 g/mol. The maximum absolute atomic E-state index is 12.3. The molecule has 0 radical (unpaired) electrons. The van der Waals surface area contributed by atoms with Gasteiger partial charge in [0.25, 0.3) is 0 Å². The van der Waals surface area contributed by atoms with Crippen LogP contribution in [0.15, 0.2) is 6.33 Å². The predicted molar refractivity (Wildman–Crippen MR) is 96.1 cm³/mol. The number of nitrogens with two attached hydrogens (primary N) is 1. The number of carbonyl (C=O) groups excluding carboxylic acids is 1. The highest BCUT2D eigenvalue weighted by Crippen LogP contribution is 2.41. The third-order valence-corrected chi connectivity index (χ3v) is 5.56. The summed E-state index contributed by atoms with van der Waals surface area (Å²) < 4.78 is 0. The second-order valence-corrected chi connectivity index (χ2v) is 7.65. The number of H-pyrrole nitrogens is 1. The van der Waals surface area contributed by atoms with Crippen molar-refractivity contribution in [3.8, 4) is 0 Å². The molecular weight excluding hydrogens is 318 g/mol. The van der Waals surface area contributed by atoms with Gasteiger partial charge in [-0.2, -0.15) is 9.97 Å². The SMILES string of the molecule is CC(C)N1C[C@@]2(CCCN(c3nc(N)nc4nc[nH]c34)C2)CCC1=O. The fourth-order valence-electron chi connectivity index (χ4n) is 4.30. The lowest BCUT2D eigenvalue weighted by molar-refractivity contribution is -0.140. The minimum absolute atomic E-state index is 0.127. The number of hydrogen-bond donors (Lipinski definition) is 2. The van der Waals surface area contributed by atoms with Gasteiger partial charge in [0.05, 0.1) is 6.33 Å². The Hall–Kier alpha value is -2.38. The molecule has 8 nitrogen and oxygen atoms in total. The molecule has 0 aliphatic carbocycles. The van der Waals surface area contributed by atoms with Crippen LogP contribution in [0.25, 0.3) is 11.2 Å². The Kier molecular flexibility index (Phi) is 3.77. The first-order valence-electron chi connectivity index (χ1n) is 8.98. The largest absolute Gasteiger partial charge is 0.368 e. The molecule has 2 saturated heterocycles. The molecule has 2 aliphatic rings. The highest BCUT2D eigenvalue weighted by molar-refractivity contribution is 5.84. The van der Waals surface area contributed by atoms with Crippen molar-refractivity contribution in [2.45, 2.75) is 45.6 Å². The first-order chi connectivity index (χ1) is 12.0. The third kappa shape index (κ3) is 2.79. The zero-order valence-corrected chi connectivity index (χ0v) is 14.8. The number of nitrogens with one attached hydrogen (secondary N) is 1. The van der Waals surface area contributed by atoms with Gasteiger partial charge >= 0.3 is 0 Å². The topological polar surface area (TPSA) is 104 Å². The lowest BCUT2D eigenvalue weighted by atomic mass is 9.73. The van der Waals surface area contributed by atoms with Crippen LogP contribution in [0.2, 0.25) is 0 Å². The summed E-state index contributed by atoms with van der Waals surface area (Å²) in [6, 6.07) is 0.245.